The van der Waals surface area contributed by atoms with Gasteiger partial charge in [0.2, 0.25) is 5.89 Å². The van der Waals surface area contributed by atoms with Crippen LogP contribution in [-0.4, -0.2) is 17.2 Å². The lowest BCUT2D eigenvalue weighted by atomic mass is 10.1. The Morgan fingerprint density at radius 1 is 1.39 bits per heavy atom. The summed E-state index contributed by atoms with van der Waals surface area (Å²) in [6.07, 6.45) is 1.49. The van der Waals surface area contributed by atoms with Crippen LogP contribution < -0.4 is 5.32 Å². The molecule has 1 heterocycles. The second-order valence-electron chi connectivity index (χ2n) is 4.07. The number of rotatable bonds is 5. The summed E-state index contributed by atoms with van der Waals surface area (Å²) in [6, 6.07) is 7.79. The lowest BCUT2D eigenvalue weighted by Gasteiger charge is -2.06. The number of benzene rings is 1. The number of nitrogens with zero attached hydrogens (tertiary/aromatic N) is 2. The largest absolute Gasteiger partial charge is 0.338 e. The summed E-state index contributed by atoms with van der Waals surface area (Å²) in [7, 11) is 1.88. The molecular formula is C13H16ClN3O. The molecule has 1 aromatic heterocycles. The van der Waals surface area contributed by atoms with E-state index >= 15 is 0 Å². The first-order chi connectivity index (χ1) is 8.74. The number of hydrogen-bond acceptors (Lipinski definition) is 4. The van der Waals surface area contributed by atoms with Crippen molar-refractivity contribution in [3.63, 3.8) is 0 Å². The van der Waals surface area contributed by atoms with E-state index in [0.29, 0.717) is 18.1 Å². The third kappa shape index (κ3) is 2.89. The van der Waals surface area contributed by atoms with Crippen molar-refractivity contribution in [1.82, 2.24) is 15.5 Å². The van der Waals surface area contributed by atoms with Crippen LogP contribution in [0.4, 0.5) is 0 Å². The summed E-state index contributed by atoms with van der Waals surface area (Å²) in [5, 5.41) is 7.85. The minimum absolute atomic E-state index is 0.109. The number of halogens is 1. The van der Waals surface area contributed by atoms with E-state index in [4.69, 9.17) is 16.1 Å². The van der Waals surface area contributed by atoms with Crippen molar-refractivity contribution in [2.75, 3.05) is 7.05 Å². The van der Waals surface area contributed by atoms with Crippen molar-refractivity contribution >= 4 is 11.6 Å². The van der Waals surface area contributed by atoms with Crippen molar-refractivity contribution in [2.24, 2.45) is 0 Å². The molecule has 0 saturated carbocycles. The minimum Gasteiger partial charge on any atom is -0.338 e. The van der Waals surface area contributed by atoms with Crippen LogP contribution in [0.3, 0.4) is 0 Å². The van der Waals surface area contributed by atoms with Gasteiger partial charge in [-0.1, -0.05) is 41.9 Å². The Balaban J connectivity index is 2.14. The third-order valence-corrected chi connectivity index (χ3v) is 3.21. The van der Waals surface area contributed by atoms with E-state index in [9.17, 15) is 0 Å². The average molecular weight is 266 g/mol. The fourth-order valence-corrected chi connectivity index (χ4v) is 2.00. The first-order valence-corrected chi connectivity index (χ1v) is 6.35. The summed E-state index contributed by atoms with van der Waals surface area (Å²) >= 11 is 6.10. The van der Waals surface area contributed by atoms with Crippen molar-refractivity contribution in [2.45, 2.75) is 25.8 Å². The molecule has 0 spiro atoms. The van der Waals surface area contributed by atoms with Gasteiger partial charge in [0.05, 0.1) is 6.04 Å². The quantitative estimate of drug-likeness (QED) is 0.903. The van der Waals surface area contributed by atoms with Gasteiger partial charge in [-0.3, -0.25) is 0 Å². The molecule has 2 rings (SSSR count). The van der Waals surface area contributed by atoms with Gasteiger partial charge in [0.1, 0.15) is 0 Å². The molecule has 0 saturated heterocycles. The van der Waals surface area contributed by atoms with Gasteiger partial charge >= 0.3 is 0 Å². The van der Waals surface area contributed by atoms with Crippen molar-refractivity contribution in [3.8, 4) is 0 Å². The maximum Gasteiger partial charge on any atom is 0.243 e. The predicted octanol–water partition coefficient (Wildman–Crippen LogP) is 2.98. The number of hydrogen-bond donors (Lipinski definition) is 1. The van der Waals surface area contributed by atoms with Crippen LogP contribution in [0.1, 0.15) is 36.7 Å². The first-order valence-electron chi connectivity index (χ1n) is 5.97. The highest BCUT2D eigenvalue weighted by Crippen LogP contribution is 2.19. The normalized spacial score (nSPS) is 12.6. The summed E-state index contributed by atoms with van der Waals surface area (Å²) in [5.74, 6) is 1.29. The molecule has 1 atom stereocenters. The lowest BCUT2D eigenvalue weighted by Crippen LogP contribution is -2.15. The monoisotopic (exact) mass is 265 g/mol. The Morgan fingerprint density at radius 2 is 2.17 bits per heavy atom. The van der Waals surface area contributed by atoms with Crippen LogP contribution in [0, 0.1) is 0 Å². The second kappa shape index (κ2) is 5.98. The zero-order valence-corrected chi connectivity index (χ0v) is 11.2. The van der Waals surface area contributed by atoms with E-state index in [0.717, 1.165) is 17.0 Å². The lowest BCUT2D eigenvalue weighted by molar-refractivity contribution is 0.331. The van der Waals surface area contributed by atoms with Gasteiger partial charge in [-0.25, -0.2) is 0 Å². The van der Waals surface area contributed by atoms with Gasteiger partial charge in [0.25, 0.3) is 0 Å². The van der Waals surface area contributed by atoms with Crippen LogP contribution in [0.2, 0.25) is 5.02 Å². The van der Waals surface area contributed by atoms with Crippen LogP contribution in [0.5, 0.6) is 0 Å². The third-order valence-electron chi connectivity index (χ3n) is 2.85. The highest BCUT2D eigenvalue weighted by Gasteiger charge is 2.15. The van der Waals surface area contributed by atoms with E-state index in [1.165, 1.54) is 0 Å². The Labute approximate surface area is 111 Å². The topological polar surface area (TPSA) is 51.0 Å². The Morgan fingerprint density at radius 3 is 2.83 bits per heavy atom. The van der Waals surface area contributed by atoms with E-state index in [1.54, 1.807) is 0 Å². The highest BCUT2D eigenvalue weighted by molar-refractivity contribution is 6.31. The van der Waals surface area contributed by atoms with Gasteiger partial charge in [-0.15, -0.1) is 0 Å². The maximum atomic E-state index is 6.10. The molecule has 0 radical (unpaired) electrons. The van der Waals surface area contributed by atoms with Crippen molar-refractivity contribution < 1.29 is 4.52 Å². The average Bonchev–Trinajstić information content (AvgIpc) is 2.82. The van der Waals surface area contributed by atoms with Gasteiger partial charge in [0.15, 0.2) is 5.82 Å². The molecule has 1 unspecified atom stereocenters. The molecule has 0 aliphatic heterocycles. The van der Waals surface area contributed by atoms with Crippen LogP contribution >= 0.6 is 11.6 Å². The molecular weight excluding hydrogens is 250 g/mol. The predicted molar refractivity (Wildman–Crippen MR) is 70.6 cm³/mol. The van der Waals surface area contributed by atoms with Gasteiger partial charge in [0, 0.05) is 11.4 Å². The van der Waals surface area contributed by atoms with Gasteiger partial charge in [-0.2, -0.15) is 4.98 Å². The molecule has 2 aromatic rings. The standard InChI is InChI=1S/C13H16ClN3O/c1-3-11(15-2)13-16-12(17-18-13)8-9-6-4-5-7-10(9)14/h4-7,11,15H,3,8H2,1-2H3. The molecule has 5 heteroatoms. The van der Waals surface area contributed by atoms with E-state index in [2.05, 4.69) is 22.4 Å². The molecule has 0 bridgehead atoms. The fourth-order valence-electron chi connectivity index (χ4n) is 1.80. The number of nitrogens with one attached hydrogen (secondary N) is 1. The maximum absolute atomic E-state index is 6.10. The van der Waals surface area contributed by atoms with Gasteiger partial charge in [-0.05, 0) is 25.1 Å². The van der Waals surface area contributed by atoms with E-state index in [1.807, 2.05) is 31.3 Å². The van der Waals surface area contributed by atoms with Gasteiger partial charge < -0.3 is 9.84 Å². The molecule has 96 valence electrons. The fraction of sp³-hybridized carbons (Fsp3) is 0.385. The summed E-state index contributed by atoms with van der Waals surface area (Å²) in [5.41, 5.74) is 1.00. The smallest absolute Gasteiger partial charge is 0.243 e. The van der Waals surface area contributed by atoms with Crippen molar-refractivity contribution in [3.05, 3.63) is 46.6 Å². The molecule has 1 N–H and O–H groups in total. The molecule has 0 aliphatic carbocycles. The summed E-state index contributed by atoms with van der Waals surface area (Å²) in [4.78, 5) is 4.39. The minimum atomic E-state index is 0.109. The first kappa shape index (κ1) is 13.1. The van der Waals surface area contributed by atoms with Crippen LogP contribution in [-0.2, 0) is 6.42 Å². The summed E-state index contributed by atoms with van der Waals surface area (Å²) in [6.45, 7) is 2.07. The van der Waals surface area contributed by atoms with E-state index < -0.39 is 0 Å². The molecule has 4 nitrogen and oxygen atoms in total. The van der Waals surface area contributed by atoms with Crippen LogP contribution in [0.15, 0.2) is 28.8 Å². The Kier molecular flexibility index (Phi) is 4.33. The van der Waals surface area contributed by atoms with Crippen LogP contribution in [0.25, 0.3) is 0 Å². The zero-order valence-electron chi connectivity index (χ0n) is 10.5. The molecule has 0 amide bonds. The molecule has 0 fully saturated rings. The highest BCUT2D eigenvalue weighted by atomic mass is 35.5. The number of aromatic nitrogens is 2. The second-order valence-corrected chi connectivity index (χ2v) is 4.47. The van der Waals surface area contributed by atoms with Crippen molar-refractivity contribution in [1.29, 1.82) is 0 Å². The summed E-state index contributed by atoms with van der Waals surface area (Å²) < 4.78 is 5.25. The Hall–Kier alpha value is -1.39. The SMILES string of the molecule is CCC(NC)c1nc(Cc2ccccc2Cl)no1. The Bertz CT molecular complexity index is 508. The molecule has 18 heavy (non-hydrogen) atoms. The molecule has 0 aliphatic rings. The van der Waals surface area contributed by atoms with E-state index in [-0.39, 0.29) is 6.04 Å². The zero-order chi connectivity index (χ0) is 13.0. The molecule has 1 aromatic carbocycles.